The molecule has 0 atom stereocenters. The van der Waals surface area contributed by atoms with E-state index in [2.05, 4.69) is 20.8 Å². The third-order valence-corrected chi connectivity index (χ3v) is 3.10. The Morgan fingerprint density at radius 3 is 2.59 bits per heavy atom. The van der Waals surface area contributed by atoms with Gasteiger partial charge in [0.15, 0.2) is 0 Å². The molecule has 0 unspecified atom stereocenters. The number of methoxy groups -OCH3 is 1. The number of aromatic nitrogens is 4. The maximum Gasteiger partial charge on any atom is 0.255 e. The van der Waals surface area contributed by atoms with Crippen LogP contribution in [-0.2, 0) is 0 Å². The minimum atomic E-state index is -0.215. The van der Waals surface area contributed by atoms with Crippen molar-refractivity contribution in [1.29, 1.82) is 0 Å². The fraction of sp³-hybridized carbons (Fsp3) is 0.0667. The molecule has 0 saturated heterocycles. The number of nitrogens with one attached hydrogen (secondary N) is 1. The van der Waals surface area contributed by atoms with Crippen LogP contribution in [0, 0.1) is 0 Å². The van der Waals surface area contributed by atoms with Crippen molar-refractivity contribution >= 4 is 11.6 Å². The van der Waals surface area contributed by atoms with E-state index in [9.17, 15) is 4.79 Å². The number of hydrogen-bond donors (Lipinski definition) is 1. The van der Waals surface area contributed by atoms with Crippen molar-refractivity contribution < 1.29 is 9.53 Å². The number of nitrogens with zero attached hydrogens (tertiary/aromatic N) is 4. The normalized spacial score (nSPS) is 10.2. The molecule has 7 nitrogen and oxygen atoms in total. The van der Waals surface area contributed by atoms with Gasteiger partial charge in [-0.25, -0.2) is 4.68 Å². The SMILES string of the molecule is COc1ccccc1NC(=O)c1ccc(-n2cnnn2)cc1. The minimum absolute atomic E-state index is 0.215. The summed E-state index contributed by atoms with van der Waals surface area (Å²) < 4.78 is 6.73. The van der Waals surface area contributed by atoms with E-state index in [4.69, 9.17) is 4.74 Å². The monoisotopic (exact) mass is 295 g/mol. The second kappa shape index (κ2) is 6.04. The molecule has 0 bridgehead atoms. The van der Waals surface area contributed by atoms with Gasteiger partial charge in [0.25, 0.3) is 5.91 Å². The molecule has 0 aliphatic heterocycles. The highest BCUT2D eigenvalue weighted by atomic mass is 16.5. The van der Waals surface area contributed by atoms with Crippen molar-refractivity contribution in [2.45, 2.75) is 0 Å². The molecule has 22 heavy (non-hydrogen) atoms. The maximum absolute atomic E-state index is 12.3. The Bertz CT molecular complexity index is 769. The van der Waals surface area contributed by atoms with Crippen molar-refractivity contribution in [1.82, 2.24) is 20.2 Å². The molecule has 0 aliphatic rings. The summed E-state index contributed by atoms with van der Waals surface area (Å²) in [6, 6.07) is 14.2. The van der Waals surface area contributed by atoms with Crippen LogP contribution in [0.4, 0.5) is 5.69 Å². The van der Waals surface area contributed by atoms with E-state index in [0.29, 0.717) is 17.0 Å². The molecule has 110 valence electrons. The quantitative estimate of drug-likeness (QED) is 0.795. The fourth-order valence-electron chi connectivity index (χ4n) is 1.99. The summed E-state index contributed by atoms with van der Waals surface area (Å²) in [5.41, 5.74) is 1.93. The number of para-hydroxylation sites is 2. The van der Waals surface area contributed by atoms with Gasteiger partial charge in [-0.15, -0.1) is 5.10 Å². The van der Waals surface area contributed by atoms with E-state index in [1.807, 2.05) is 12.1 Å². The zero-order chi connectivity index (χ0) is 15.4. The number of carbonyl (C=O) groups is 1. The molecule has 1 N–H and O–H groups in total. The Hall–Kier alpha value is -3.22. The molecule has 1 heterocycles. The molecule has 3 rings (SSSR count). The summed E-state index contributed by atoms with van der Waals surface area (Å²) in [4.78, 5) is 12.3. The summed E-state index contributed by atoms with van der Waals surface area (Å²) in [6.45, 7) is 0. The molecule has 3 aromatic rings. The molecule has 1 amide bonds. The zero-order valence-corrected chi connectivity index (χ0v) is 11.8. The number of hydrogen-bond acceptors (Lipinski definition) is 5. The Morgan fingerprint density at radius 2 is 1.91 bits per heavy atom. The fourth-order valence-corrected chi connectivity index (χ4v) is 1.99. The van der Waals surface area contributed by atoms with E-state index in [0.717, 1.165) is 5.69 Å². The summed E-state index contributed by atoms with van der Waals surface area (Å²) in [6.07, 6.45) is 1.49. The molecule has 0 aliphatic carbocycles. The topological polar surface area (TPSA) is 81.9 Å². The molecular formula is C15H13N5O2. The predicted molar refractivity (Wildman–Crippen MR) is 80.1 cm³/mol. The van der Waals surface area contributed by atoms with Gasteiger partial charge in [-0.1, -0.05) is 12.1 Å². The summed E-state index contributed by atoms with van der Waals surface area (Å²) >= 11 is 0. The Kier molecular flexibility index (Phi) is 3.78. The van der Waals surface area contributed by atoms with Crippen LogP contribution in [0.3, 0.4) is 0 Å². The van der Waals surface area contributed by atoms with Crippen LogP contribution < -0.4 is 10.1 Å². The van der Waals surface area contributed by atoms with Crippen molar-refractivity contribution in [3.8, 4) is 11.4 Å². The molecule has 2 aromatic carbocycles. The highest BCUT2D eigenvalue weighted by Crippen LogP contribution is 2.23. The number of carbonyl (C=O) groups excluding carboxylic acids is 1. The van der Waals surface area contributed by atoms with E-state index in [1.165, 1.54) is 11.0 Å². The lowest BCUT2D eigenvalue weighted by atomic mass is 10.2. The lowest BCUT2D eigenvalue weighted by Crippen LogP contribution is -2.12. The van der Waals surface area contributed by atoms with Gasteiger partial charge in [-0.2, -0.15) is 0 Å². The van der Waals surface area contributed by atoms with Crippen LogP contribution in [0.15, 0.2) is 54.9 Å². The number of benzene rings is 2. The minimum Gasteiger partial charge on any atom is -0.495 e. The van der Waals surface area contributed by atoms with E-state index >= 15 is 0 Å². The lowest BCUT2D eigenvalue weighted by Gasteiger charge is -2.10. The number of ether oxygens (including phenoxy) is 1. The van der Waals surface area contributed by atoms with Crippen LogP contribution >= 0.6 is 0 Å². The second-order valence-corrected chi connectivity index (χ2v) is 4.46. The first-order chi connectivity index (χ1) is 10.8. The average Bonchev–Trinajstić information content (AvgIpc) is 3.10. The van der Waals surface area contributed by atoms with Crippen LogP contribution in [0.25, 0.3) is 5.69 Å². The van der Waals surface area contributed by atoms with Gasteiger partial charge in [0.2, 0.25) is 0 Å². The molecule has 0 radical (unpaired) electrons. The molecule has 7 heteroatoms. The number of rotatable bonds is 4. The summed E-state index contributed by atoms with van der Waals surface area (Å²) in [5.74, 6) is 0.397. The molecule has 1 aromatic heterocycles. The van der Waals surface area contributed by atoms with Gasteiger partial charge in [0.05, 0.1) is 18.5 Å². The van der Waals surface area contributed by atoms with Crippen LogP contribution in [0.5, 0.6) is 5.75 Å². The molecule has 0 saturated carbocycles. The predicted octanol–water partition coefficient (Wildman–Crippen LogP) is 1.92. The first kappa shape index (κ1) is 13.7. The number of tetrazole rings is 1. The van der Waals surface area contributed by atoms with Crippen molar-refractivity contribution in [2.75, 3.05) is 12.4 Å². The first-order valence-corrected chi connectivity index (χ1v) is 6.56. The molecular weight excluding hydrogens is 282 g/mol. The third-order valence-electron chi connectivity index (χ3n) is 3.10. The highest BCUT2D eigenvalue weighted by Gasteiger charge is 2.09. The van der Waals surface area contributed by atoms with Crippen LogP contribution in [0.2, 0.25) is 0 Å². The molecule has 0 spiro atoms. The van der Waals surface area contributed by atoms with Gasteiger partial charge in [-0.3, -0.25) is 4.79 Å². The van der Waals surface area contributed by atoms with Crippen molar-refractivity contribution in [3.05, 3.63) is 60.4 Å². The van der Waals surface area contributed by atoms with E-state index in [-0.39, 0.29) is 5.91 Å². The van der Waals surface area contributed by atoms with Crippen LogP contribution in [-0.4, -0.2) is 33.2 Å². The van der Waals surface area contributed by atoms with E-state index in [1.54, 1.807) is 43.5 Å². The Balaban J connectivity index is 1.78. The van der Waals surface area contributed by atoms with Crippen LogP contribution in [0.1, 0.15) is 10.4 Å². The molecule has 0 fully saturated rings. The average molecular weight is 295 g/mol. The zero-order valence-electron chi connectivity index (χ0n) is 11.8. The largest absolute Gasteiger partial charge is 0.495 e. The summed E-state index contributed by atoms with van der Waals surface area (Å²) in [7, 11) is 1.56. The number of amides is 1. The first-order valence-electron chi connectivity index (χ1n) is 6.56. The van der Waals surface area contributed by atoms with Crippen molar-refractivity contribution in [2.24, 2.45) is 0 Å². The Labute approximate surface area is 126 Å². The summed E-state index contributed by atoms with van der Waals surface area (Å²) in [5, 5.41) is 13.8. The second-order valence-electron chi connectivity index (χ2n) is 4.46. The third kappa shape index (κ3) is 2.78. The van der Waals surface area contributed by atoms with Gasteiger partial charge >= 0.3 is 0 Å². The van der Waals surface area contributed by atoms with E-state index < -0.39 is 0 Å². The lowest BCUT2D eigenvalue weighted by molar-refractivity contribution is 0.102. The van der Waals surface area contributed by atoms with Gasteiger partial charge in [0.1, 0.15) is 12.1 Å². The maximum atomic E-state index is 12.3. The van der Waals surface area contributed by atoms with Gasteiger partial charge in [-0.05, 0) is 46.8 Å². The smallest absolute Gasteiger partial charge is 0.255 e. The highest BCUT2D eigenvalue weighted by molar-refractivity contribution is 6.05. The van der Waals surface area contributed by atoms with Gasteiger partial charge < -0.3 is 10.1 Å². The standard InChI is InChI=1S/C15H13N5O2/c1-22-14-5-3-2-4-13(14)17-15(21)11-6-8-12(9-7-11)20-10-16-18-19-20/h2-10H,1H3,(H,17,21). The number of anilines is 1. The Morgan fingerprint density at radius 1 is 1.14 bits per heavy atom. The van der Waals surface area contributed by atoms with Crippen molar-refractivity contribution in [3.63, 3.8) is 0 Å². The van der Waals surface area contributed by atoms with Gasteiger partial charge in [0, 0.05) is 5.56 Å².